The quantitative estimate of drug-likeness (QED) is 0.660. The summed E-state index contributed by atoms with van der Waals surface area (Å²) in [5, 5.41) is 7.57. The van der Waals surface area contributed by atoms with E-state index in [1.807, 2.05) is 42.5 Å². The number of halogens is 1. The topological polar surface area (TPSA) is 56.5 Å². The van der Waals surface area contributed by atoms with Gasteiger partial charge in [0.05, 0.1) is 24.4 Å². The lowest BCUT2D eigenvalue weighted by Crippen LogP contribution is -2.61. The molecule has 6 heteroatoms. The largest absolute Gasteiger partial charge is 0.486 e. The minimum absolute atomic E-state index is 0.206. The maximum atomic E-state index is 13.8. The molecule has 1 aromatic heterocycles. The molecule has 2 heterocycles. The van der Waals surface area contributed by atoms with Crippen LogP contribution in [0, 0.1) is 5.82 Å². The second kappa shape index (κ2) is 7.90. The molecule has 0 spiro atoms. The van der Waals surface area contributed by atoms with Gasteiger partial charge in [0, 0.05) is 24.6 Å². The number of hydrogen-bond acceptors (Lipinski definition) is 5. The van der Waals surface area contributed by atoms with Gasteiger partial charge in [0.1, 0.15) is 18.2 Å². The van der Waals surface area contributed by atoms with Crippen molar-refractivity contribution >= 4 is 0 Å². The zero-order chi connectivity index (χ0) is 18.5. The molecule has 140 valence electrons. The first-order valence-corrected chi connectivity index (χ1v) is 8.91. The molecular weight excluding hydrogens is 347 g/mol. The molecule has 0 saturated carbocycles. The fraction of sp³-hybridized carbons (Fsp3) is 0.286. The van der Waals surface area contributed by atoms with Crippen molar-refractivity contribution in [1.82, 2.24) is 10.5 Å². The maximum Gasteiger partial charge on any atom is 0.174 e. The van der Waals surface area contributed by atoms with Crippen molar-refractivity contribution in [2.45, 2.75) is 25.1 Å². The molecule has 27 heavy (non-hydrogen) atoms. The Bertz CT molecular complexity index is 878. The lowest BCUT2D eigenvalue weighted by molar-refractivity contribution is -0.0756. The van der Waals surface area contributed by atoms with E-state index in [2.05, 4.69) is 10.5 Å². The smallest absolute Gasteiger partial charge is 0.174 e. The summed E-state index contributed by atoms with van der Waals surface area (Å²) in [6.45, 7) is 1.88. The van der Waals surface area contributed by atoms with Crippen LogP contribution in [0.25, 0.3) is 0 Å². The first kappa shape index (κ1) is 17.7. The summed E-state index contributed by atoms with van der Waals surface area (Å²) >= 11 is 0. The standard InChI is InChI=1S/C21H21FN2O3/c22-20-9-5-4-6-16(20)12-23-21(14-25-15-21)11-17-10-19(27-24-17)13-26-18-7-2-1-3-8-18/h1-10,23H,11-15H2. The molecule has 0 aliphatic carbocycles. The number of rotatable bonds is 8. The van der Waals surface area contributed by atoms with Gasteiger partial charge in [0.25, 0.3) is 0 Å². The van der Waals surface area contributed by atoms with E-state index >= 15 is 0 Å². The highest BCUT2D eigenvalue weighted by atomic mass is 19.1. The van der Waals surface area contributed by atoms with Crippen LogP contribution in [-0.2, 0) is 24.3 Å². The lowest BCUT2D eigenvalue weighted by Gasteiger charge is -2.42. The number of benzene rings is 2. The molecule has 1 aliphatic rings. The third-order valence-corrected chi connectivity index (χ3v) is 4.62. The van der Waals surface area contributed by atoms with E-state index in [9.17, 15) is 4.39 Å². The Hall–Kier alpha value is -2.70. The van der Waals surface area contributed by atoms with Gasteiger partial charge in [0.15, 0.2) is 5.76 Å². The molecule has 1 N–H and O–H groups in total. The first-order chi connectivity index (χ1) is 13.2. The van der Waals surface area contributed by atoms with Crippen LogP contribution in [0.3, 0.4) is 0 Å². The highest BCUT2D eigenvalue weighted by molar-refractivity contribution is 5.22. The fourth-order valence-corrected chi connectivity index (χ4v) is 3.06. The van der Waals surface area contributed by atoms with Gasteiger partial charge < -0.3 is 19.3 Å². The SMILES string of the molecule is Fc1ccccc1CNC1(Cc2cc(COc3ccccc3)on2)COC1. The number of hydrogen-bond donors (Lipinski definition) is 1. The predicted molar refractivity (Wildman–Crippen MR) is 97.8 cm³/mol. The lowest BCUT2D eigenvalue weighted by atomic mass is 9.91. The van der Waals surface area contributed by atoms with Crippen LogP contribution in [0.2, 0.25) is 0 Å². The van der Waals surface area contributed by atoms with E-state index in [4.69, 9.17) is 14.0 Å². The number of nitrogens with one attached hydrogen (secondary N) is 1. The van der Waals surface area contributed by atoms with Gasteiger partial charge in [0.2, 0.25) is 0 Å². The van der Waals surface area contributed by atoms with Gasteiger partial charge in [-0.3, -0.25) is 0 Å². The van der Waals surface area contributed by atoms with Gasteiger partial charge in [-0.05, 0) is 18.2 Å². The average molecular weight is 368 g/mol. The molecule has 0 amide bonds. The summed E-state index contributed by atoms with van der Waals surface area (Å²) in [7, 11) is 0. The van der Waals surface area contributed by atoms with Crippen molar-refractivity contribution in [1.29, 1.82) is 0 Å². The minimum atomic E-state index is -0.253. The van der Waals surface area contributed by atoms with Crippen molar-refractivity contribution in [3.63, 3.8) is 0 Å². The molecule has 5 nitrogen and oxygen atoms in total. The van der Waals surface area contributed by atoms with Crippen molar-refractivity contribution in [2.24, 2.45) is 0 Å². The van der Waals surface area contributed by atoms with E-state index in [0.29, 0.717) is 44.1 Å². The van der Waals surface area contributed by atoms with Gasteiger partial charge in [-0.2, -0.15) is 0 Å². The Kier molecular flexibility index (Phi) is 5.18. The molecule has 1 saturated heterocycles. The zero-order valence-electron chi connectivity index (χ0n) is 14.9. The molecule has 0 radical (unpaired) electrons. The molecule has 1 aliphatic heterocycles. The Morgan fingerprint density at radius 2 is 1.85 bits per heavy atom. The van der Waals surface area contributed by atoms with Crippen LogP contribution in [-0.4, -0.2) is 23.9 Å². The van der Waals surface area contributed by atoms with Crippen LogP contribution < -0.4 is 10.1 Å². The van der Waals surface area contributed by atoms with Gasteiger partial charge in [-0.15, -0.1) is 0 Å². The molecule has 2 aromatic carbocycles. The monoisotopic (exact) mass is 368 g/mol. The summed E-state index contributed by atoms with van der Waals surface area (Å²) in [4.78, 5) is 0. The van der Waals surface area contributed by atoms with E-state index < -0.39 is 0 Å². The van der Waals surface area contributed by atoms with Crippen LogP contribution in [0.4, 0.5) is 4.39 Å². The first-order valence-electron chi connectivity index (χ1n) is 8.91. The molecular formula is C21H21FN2O3. The van der Waals surface area contributed by atoms with E-state index in [1.165, 1.54) is 6.07 Å². The Morgan fingerprint density at radius 1 is 1.07 bits per heavy atom. The van der Waals surface area contributed by atoms with Crippen molar-refractivity contribution < 1.29 is 18.4 Å². The number of aromatic nitrogens is 1. The summed E-state index contributed by atoms with van der Waals surface area (Å²) in [6, 6.07) is 18.2. The third kappa shape index (κ3) is 4.35. The molecule has 3 aromatic rings. The Labute approximate surface area is 157 Å². The summed E-state index contributed by atoms with van der Waals surface area (Å²) < 4.78 is 30.3. The normalized spacial score (nSPS) is 15.3. The number of para-hydroxylation sites is 1. The molecule has 4 rings (SSSR count). The van der Waals surface area contributed by atoms with Gasteiger partial charge >= 0.3 is 0 Å². The van der Waals surface area contributed by atoms with Gasteiger partial charge in [-0.1, -0.05) is 41.6 Å². The fourth-order valence-electron chi connectivity index (χ4n) is 3.06. The van der Waals surface area contributed by atoms with Crippen LogP contribution >= 0.6 is 0 Å². The van der Waals surface area contributed by atoms with E-state index in [0.717, 1.165) is 11.4 Å². The third-order valence-electron chi connectivity index (χ3n) is 4.62. The average Bonchev–Trinajstić information content (AvgIpc) is 3.11. The van der Waals surface area contributed by atoms with Crippen LogP contribution in [0.5, 0.6) is 5.75 Å². The van der Waals surface area contributed by atoms with Crippen LogP contribution in [0.15, 0.2) is 65.2 Å². The minimum Gasteiger partial charge on any atom is -0.486 e. The highest BCUT2D eigenvalue weighted by Crippen LogP contribution is 2.24. The summed E-state index contributed by atoms with van der Waals surface area (Å²) in [5.74, 6) is 1.24. The second-order valence-electron chi connectivity index (χ2n) is 6.78. The maximum absolute atomic E-state index is 13.8. The summed E-state index contributed by atoms with van der Waals surface area (Å²) in [5.41, 5.74) is 1.21. The van der Waals surface area contributed by atoms with Crippen molar-refractivity contribution in [2.75, 3.05) is 13.2 Å². The Morgan fingerprint density at radius 3 is 2.59 bits per heavy atom. The number of nitrogens with zero attached hydrogens (tertiary/aromatic N) is 1. The number of ether oxygens (including phenoxy) is 2. The van der Waals surface area contributed by atoms with E-state index in [-0.39, 0.29) is 11.4 Å². The zero-order valence-corrected chi connectivity index (χ0v) is 14.9. The molecule has 0 bridgehead atoms. The van der Waals surface area contributed by atoms with E-state index in [1.54, 1.807) is 12.1 Å². The van der Waals surface area contributed by atoms with Crippen LogP contribution in [0.1, 0.15) is 17.0 Å². The molecule has 1 fully saturated rings. The summed E-state index contributed by atoms with van der Waals surface area (Å²) in [6.07, 6.45) is 0.649. The molecule has 0 unspecified atom stereocenters. The van der Waals surface area contributed by atoms with Crippen molar-refractivity contribution in [3.05, 3.63) is 83.5 Å². The second-order valence-corrected chi connectivity index (χ2v) is 6.78. The molecule has 0 atom stereocenters. The Balaban J connectivity index is 1.34. The predicted octanol–water partition coefficient (Wildman–Crippen LogP) is 3.49. The van der Waals surface area contributed by atoms with Gasteiger partial charge in [-0.25, -0.2) is 4.39 Å². The van der Waals surface area contributed by atoms with Crippen molar-refractivity contribution in [3.8, 4) is 5.75 Å². The highest BCUT2D eigenvalue weighted by Gasteiger charge is 2.39.